The van der Waals surface area contributed by atoms with E-state index in [4.69, 9.17) is 48.9 Å². The van der Waals surface area contributed by atoms with Crippen molar-refractivity contribution in [2.75, 3.05) is 25.4 Å². The fraction of sp³-hybridized carbons (Fsp3) is 0.265. The van der Waals surface area contributed by atoms with Crippen LogP contribution in [0.2, 0.25) is 10.0 Å². The van der Waals surface area contributed by atoms with Crippen molar-refractivity contribution in [3.63, 3.8) is 0 Å². The maximum absolute atomic E-state index is 12.3. The molecule has 0 saturated heterocycles. The van der Waals surface area contributed by atoms with E-state index < -0.39 is 0 Å². The van der Waals surface area contributed by atoms with Gasteiger partial charge in [-0.15, -0.1) is 4.91 Å². The lowest BCUT2D eigenvalue weighted by Crippen LogP contribution is -2.31. The summed E-state index contributed by atoms with van der Waals surface area (Å²) in [6, 6.07) is 21.6. The van der Waals surface area contributed by atoms with Crippen LogP contribution in [0.5, 0.6) is 17.2 Å². The summed E-state index contributed by atoms with van der Waals surface area (Å²) in [7, 11) is 0. The van der Waals surface area contributed by atoms with Gasteiger partial charge in [-0.1, -0.05) is 59.6 Å². The highest BCUT2D eigenvalue weighted by Crippen LogP contribution is 2.36. The zero-order valence-electron chi connectivity index (χ0n) is 25.2. The van der Waals surface area contributed by atoms with Crippen molar-refractivity contribution in [3.8, 4) is 28.4 Å². The van der Waals surface area contributed by atoms with E-state index in [1.807, 2.05) is 56.3 Å². The largest absolute Gasteiger partial charge is 0.493 e. The van der Waals surface area contributed by atoms with Crippen LogP contribution in [0.15, 0.2) is 78.0 Å². The third-order valence-electron chi connectivity index (χ3n) is 7.23. The Bertz CT molecular complexity index is 1650. The first kappa shape index (κ1) is 33.6. The van der Waals surface area contributed by atoms with Crippen molar-refractivity contribution >= 4 is 40.5 Å². The van der Waals surface area contributed by atoms with Gasteiger partial charge in [-0.3, -0.25) is 4.79 Å². The first-order valence-corrected chi connectivity index (χ1v) is 15.3. The summed E-state index contributed by atoms with van der Waals surface area (Å²) in [4.78, 5) is 24.9. The second-order valence-electron chi connectivity index (χ2n) is 10.1. The number of carbonyl (C=O) groups is 1. The van der Waals surface area contributed by atoms with Crippen molar-refractivity contribution in [2.24, 2.45) is 10.9 Å². The number of hydrogen-bond acceptors (Lipinski definition) is 8. The predicted octanol–water partition coefficient (Wildman–Crippen LogP) is 7.89. The van der Waals surface area contributed by atoms with Crippen molar-refractivity contribution < 1.29 is 19.0 Å². The molecule has 0 radical (unpaired) electrons. The predicted molar refractivity (Wildman–Crippen MR) is 179 cm³/mol. The van der Waals surface area contributed by atoms with Gasteiger partial charge in [0.15, 0.2) is 0 Å². The van der Waals surface area contributed by atoms with Crippen molar-refractivity contribution in [3.05, 3.63) is 104 Å². The highest BCUT2D eigenvalue weighted by Gasteiger charge is 2.15. The van der Waals surface area contributed by atoms with Crippen LogP contribution in [0.1, 0.15) is 37.0 Å². The van der Waals surface area contributed by atoms with Gasteiger partial charge in [0.25, 0.3) is 0 Å². The van der Waals surface area contributed by atoms with Crippen LogP contribution in [0.25, 0.3) is 11.1 Å². The standard InChI is InChI=1S/C34H36Cl2N4O5/c1-3-40(4-2)33(41)13-14-43-26-9-5-7-23(16-26)27-10-6-8-24(34(27)36)21-45-32-18-31(25(19-37)17-28(32)35)44-20-22-11-12-30(39-42)29(38)15-22/h5-12,15-18H,3-4,13-14,19-21,37-38H2,1-2H3. The van der Waals surface area contributed by atoms with Crippen molar-refractivity contribution in [1.29, 1.82) is 0 Å². The maximum atomic E-state index is 12.3. The van der Waals surface area contributed by atoms with Crippen LogP contribution in [0, 0.1) is 4.91 Å². The average molecular weight is 652 g/mol. The van der Waals surface area contributed by atoms with Gasteiger partial charge in [-0.05, 0) is 60.5 Å². The molecule has 0 aliphatic heterocycles. The molecule has 4 aromatic rings. The Kier molecular flexibility index (Phi) is 12.0. The summed E-state index contributed by atoms with van der Waals surface area (Å²) in [6.07, 6.45) is 0.307. The van der Waals surface area contributed by atoms with Crippen LogP contribution in [-0.4, -0.2) is 30.5 Å². The molecule has 45 heavy (non-hydrogen) atoms. The monoisotopic (exact) mass is 650 g/mol. The fourth-order valence-electron chi connectivity index (χ4n) is 4.73. The molecule has 0 aliphatic carbocycles. The number of amides is 1. The molecule has 0 unspecified atom stereocenters. The third-order valence-corrected chi connectivity index (χ3v) is 7.97. The maximum Gasteiger partial charge on any atom is 0.225 e. The summed E-state index contributed by atoms with van der Waals surface area (Å²) >= 11 is 13.4. The Morgan fingerprint density at radius 3 is 2.33 bits per heavy atom. The van der Waals surface area contributed by atoms with Gasteiger partial charge >= 0.3 is 0 Å². The molecule has 1 amide bonds. The molecule has 4 aromatic carbocycles. The SMILES string of the molecule is CCN(CC)C(=O)CCOc1cccc(-c2cccc(COc3cc(OCc4ccc(N=O)c(N)c4)c(CN)cc3Cl)c2Cl)c1. The lowest BCUT2D eigenvalue weighted by molar-refractivity contribution is -0.131. The number of benzene rings is 4. The van der Waals surface area contributed by atoms with E-state index in [1.54, 1.807) is 35.2 Å². The summed E-state index contributed by atoms with van der Waals surface area (Å²) in [5.41, 5.74) is 16.1. The number of rotatable bonds is 15. The molecular formula is C34H36Cl2N4O5. The Labute approximate surface area is 272 Å². The summed E-state index contributed by atoms with van der Waals surface area (Å²) in [6.45, 7) is 6.09. The Balaban J connectivity index is 1.45. The smallest absolute Gasteiger partial charge is 0.225 e. The quantitative estimate of drug-likeness (QED) is 0.0988. The number of anilines is 1. The summed E-state index contributed by atoms with van der Waals surface area (Å²) in [5, 5.41) is 3.80. The molecule has 0 fully saturated rings. The van der Waals surface area contributed by atoms with E-state index in [0.29, 0.717) is 52.4 Å². The van der Waals surface area contributed by atoms with Crippen molar-refractivity contribution in [1.82, 2.24) is 4.90 Å². The lowest BCUT2D eigenvalue weighted by atomic mass is 10.0. The van der Waals surface area contributed by atoms with Gasteiger partial charge in [-0.2, -0.15) is 0 Å². The zero-order valence-corrected chi connectivity index (χ0v) is 26.7. The van der Waals surface area contributed by atoms with Gasteiger partial charge in [0.05, 0.1) is 28.8 Å². The molecule has 0 spiro atoms. The molecule has 9 nitrogen and oxygen atoms in total. The first-order valence-electron chi connectivity index (χ1n) is 14.6. The molecule has 0 heterocycles. The number of ether oxygens (including phenoxy) is 3. The molecule has 4 rings (SSSR count). The molecule has 0 bridgehead atoms. The fourth-order valence-corrected chi connectivity index (χ4v) is 5.26. The molecular weight excluding hydrogens is 615 g/mol. The van der Waals surface area contributed by atoms with Crippen LogP contribution in [0.3, 0.4) is 0 Å². The summed E-state index contributed by atoms with van der Waals surface area (Å²) < 4.78 is 18.0. The molecule has 0 aliphatic rings. The number of carbonyl (C=O) groups excluding carboxylic acids is 1. The number of halogens is 2. The van der Waals surface area contributed by atoms with E-state index in [9.17, 15) is 9.70 Å². The molecule has 0 aromatic heterocycles. The average Bonchev–Trinajstić information content (AvgIpc) is 3.04. The number of nitroso groups, excluding NO2 is 1. The van der Waals surface area contributed by atoms with Crippen LogP contribution in [0.4, 0.5) is 11.4 Å². The van der Waals surface area contributed by atoms with E-state index >= 15 is 0 Å². The molecule has 0 atom stereocenters. The van der Waals surface area contributed by atoms with Crippen LogP contribution >= 0.6 is 23.2 Å². The molecule has 236 valence electrons. The zero-order chi connectivity index (χ0) is 32.3. The van der Waals surface area contributed by atoms with Gasteiger partial charge in [0, 0.05) is 42.4 Å². The topological polar surface area (TPSA) is 129 Å². The van der Waals surface area contributed by atoms with E-state index in [0.717, 1.165) is 22.3 Å². The Morgan fingerprint density at radius 1 is 0.867 bits per heavy atom. The van der Waals surface area contributed by atoms with Gasteiger partial charge in [0.2, 0.25) is 5.91 Å². The van der Waals surface area contributed by atoms with E-state index in [1.165, 1.54) is 0 Å². The minimum absolute atomic E-state index is 0.0664. The van der Waals surface area contributed by atoms with Crippen LogP contribution in [-0.2, 0) is 24.6 Å². The van der Waals surface area contributed by atoms with Gasteiger partial charge in [0.1, 0.15) is 36.1 Å². The van der Waals surface area contributed by atoms with Crippen molar-refractivity contribution in [2.45, 2.75) is 40.0 Å². The molecule has 4 N–H and O–H groups in total. The Hall–Kier alpha value is -4.31. The molecule has 0 saturated carbocycles. The van der Waals surface area contributed by atoms with E-state index in [2.05, 4.69) is 5.18 Å². The third kappa shape index (κ3) is 8.66. The molecule has 11 heteroatoms. The lowest BCUT2D eigenvalue weighted by Gasteiger charge is -2.18. The normalized spacial score (nSPS) is 10.8. The van der Waals surface area contributed by atoms with Gasteiger partial charge in [-0.25, -0.2) is 0 Å². The minimum atomic E-state index is 0.0664. The minimum Gasteiger partial charge on any atom is -0.493 e. The number of nitrogens with two attached hydrogens (primary N) is 2. The number of nitrogens with zero attached hydrogens (tertiary/aromatic N) is 2. The highest BCUT2D eigenvalue weighted by atomic mass is 35.5. The Morgan fingerprint density at radius 2 is 1.62 bits per heavy atom. The first-order chi connectivity index (χ1) is 21.8. The highest BCUT2D eigenvalue weighted by molar-refractivity contribution is 6.34. The second kappa shape index (κ2) is 16.1. The van der Waals surface area contributed by atoms with Crippen LogP contribution < -0.4 is 25.7 Å². The van der Waals surface area contributed by atoms with Gasteiger partial charge < -0.3 is 30.6 Å². The second-order valence-corrected chi connectivity index (χ2v) is 10.9. The van der Waals surface area contributed by atoms with E-state index in [-0.39, 0.29) is 43.6 Å². The summed E-state index contributed by atoms with van der Waals surface area (Å²) in [5.74, 6) is 1.62. The number of hydrogen-bond donors (Lipinski definition) is 2. The number of nitrogen functional groups attached to an aromatic ring is 1.